The van der Waals surface area contributed by atoms with Crippen LogP contribution in [0.2, 0.25) is 0 Å². The van der Waals surface area contributed by atoms with Gasteiger partial charge in [-0.25, -0.2) is 4.79 Å². The quantitative estimate of drug-likeness (QED) is 0.374. The summed E-state index contributed by atoms with van der Waals surface area (Å²) in [4.78, 5) is 17.3. The maximum absolute atomic E-state index is 13.0. The summed E-state index contributed by atoms with van der Waals surface area (Å²) < 4.78 is 24.4. The first-order valence-corrected chi connectivity index (χ1v) is 13.9. The molecule has 5 aliphatic rings. The Bertz CT molecular complexity index is 795. The predicted octanol–water partition coefficient (Wildman–Crippen LogP) is 4.25. The molecule has 0 aromatic heterocycles. The SMILES string of the molecule is CO[C@@H]1[C@H](OC(=O)N2CC(CCC3CCN(C)CC3)C2)CC[C@]2(CO2)[C@H]1[C@@]1(C)O[C@@H]1CC=C(C)C. The Morgan fingerprint density at radius 2 is 1.80 bits per heavy atom. The molecule has 4 aliphatic heterocycles. The molecular weight excluding hydrogens is 444 g/mol. The van der Waals surface area contributed by atoms with E-state index in [9.17, 15) is 4.79 Å². The third-order valence-corrected chi connectivity index (χ3v) is 9.53. The molecule has 0 unspecified atom stereocenters. The summed E-state index contributed by atoms with van der Waals surface area (Å²) in [5.74, 6) is 1.55. The zero-order valence-corrected chi connectivity index (χ0v) is 22.5. The van der Waals surface area contributed by atoms with Crippen LogP contribution in [0.25, 0.3) is 0 Å². The van der Waals surface area contributed by atoms with Gasteiger partial charge in [-0.15, -0.1) is 0 Å². The molecule has 6 atom stereocenters. The van der Waals surface area contributed by atoms with Crippen LogP contribution >= 0.6 is 0 Å². The largest absolute Gasteiger partial charge is 0.443 e. The van der Waals surface area contributed by atoms with Crippen molar-refractivity contribution in [2.75, 3.05) is 46.9 Å². The van der Waals surface area contributed by atoms with Gasteiger partial charge in [0.05, 0.1) is 18.6 Å². The van der Waals surface area contributed by atoms with Crippen LogP contribution in [0.4, 0.5) is 4.79 Å². The van der Waals surface area contributed by atoms with Crippen LogP contribution in [0, 0.1) is 17.8 Å². The number of epoxide rings is 2. The van der Waals surface area contributed by atoms with Gasteiger partial charge >= 0.3 is 6.09 Å². The fourth-order valence-corrected chi connectivity index (χ4v) is 7.00. The summed E-state index contributed by atoms with van der Waals surface area (Å²) in [6.45, 7) is 11.3. The lowest BCUT2D eigenvalue weighted by molar-refractivity contribution is -0.124. The van der Waals surface area contributed by atoms with E-state index in [1.807, 2.05) is 4.90 Å². The standard InChI is InChI=1S/C28H46N2O5/c1-19(2)6-9-23-27(3,35-23)25-24(32-5)22(10-13-28(25)18-33-28)34-26(31)30-16-21(17-30)8-7-20-11-14-29(4)15-12-20/h6,20-25H,7-18H2,1-5H3/t22-,23-,24-,25-,27+,28+/m1/s1. The maximum atomic E-state index is 13.0. The first kappa shape index (κ1) is 25.5. The van der Waals surface area contributed by atoms with Gasteiger partial charge < -0.3 is 28.7 Å². The summed E-state index contributed by atoms with van der Waals surface area (Å²) in [6.07, 6.45) is 9.50. The number of carbonyl (C=O) groups excluding carboxylic acids is 1. The van der Waals surface area contributed by atoms with Gasteiger partial charge in [0.15, 0.2) is 0 Å². The van der Waals surface area contributed by atoms with Gasteiger partial charge in [-0.05, 0) is 97.7 Å². The highest BCUT2D eigenvalue weighted by Gasteiger charge is 2.72. The molecule has 1 aliphatic carbocycles. The topological polar surface area (TPSA) is 67.1 Å². The van der Waals surface area contributed by atoms with Gasteiger partial charge in [0.25, 0.3) is 0 Å². The van der Waals surface area contributed by atoms with Crippen molar-refractivity contribution in [3.05, 3.63) is 11.6 Å². The lowest BCUT2D eigenvalue weighted by atomic mass is 9.68. The van der Waals surface area contributed by atoms with Gasteiger partial charge in [-0.2, -0.15) is 0 Å². The van der Waals surface area contributed by atoms with Crippen LogP contribution < -0.4 is 0 Å². The summed E-state index contributed by atoms with van der Waals surface area (Å²) in [6, 6.07) is 0. The molecule has 198 valence electrons. The van der Waals surface area contributed by atoms with E-state index >= 15 is 0 Å². The van der Waals surface area contributed by atoms with Crippen molar-refractivity contribution in [2.24, 2.45) is 17.8 Å². The molecule has 5 rings (SSSR count). The number of piperidine rings is 1. The van der Waals surface area contributed by atoms with E-state index in [1.165, 1.54) is 44.3 Å². The Morgan fingerprint density at radius 3 is 2.43 bits per heavy atom. The lowest BCUT2D eigenvalue weighted by Crippen LogP contribution is -2.57. The monoisotopic (exact) mass is 490 g/mol. The van der Waals surface area contributed by atoms with Crippen molar-refractivity contribution < 1.29 is 23.7 Å². The average molecular weight is 491 g/mol. The summed E-state index contributed by atoms with van der Waals surface area (Å²) >= 11 is 0. The highest BCUT2D eigenvalue weighted by atomic mass is 16.6. The van der Waals surface area contributed by atoms with Crippen molar-refractivity contribution in [3.8, 4) is 0 Å². The minimum absolute atomic E-state index is 0.0702. The first-order valence-electron chi connectivity index (χ1n) is 13.9. The van der Waals surface area contributed by atoms with Crippen molar-refractivity contribution in [3.63, 3.8) is 0 Å². The Morgan fingerprint density at radius 1 is 1.11 bits per heavy atom. The zero-order chi connectivity index (χ0) is 24.8. The second-order valence-corrected chi connectivity index (χ2v) is 12.4. The van der Waals surface area contributed by atoms with Crippen molar-refractivity contribution in [1.29, 1.82) is 0 Å². The second kappa shape index (κ2) is 9.96. The van der Waals surface area contributed by atoms with E-state index in [4.69, 9.17) is 18.9 Å². The molecule has 0 bridgehead atoms. The van der Waals surface area contributed by atoms with Gasteiger partial charge in [-0.1, -0.05) is 11.6 Å². The third-order valence-electron chi connectivity index (χ3n) is 9.53. The second-order valence-electron chi connectivity index (χ2n) is 12.4. The molecule has 0 aromatic carbocycles. The number of hydrogen-bond donors (Lipinski definition) is 0. The number of nitrogens with zero attached hydrogens (tertiary/aromatic N) is 2. The van der Waals surface area contributed by atoms with Gasteiger partial charge in [0.1, 0.15) is 23.4 Å². The molecule has 5 fully saturated rings. The van der Waals surface area contributed by atoms with Crippen LogP contribution in [-0.2, 0) is 18.9 Å². The maximum Gasteiger partial charge on any atom is 0.410 e. The van der Waals surface area contributed by atoms with Crippen LogP contribution in [0.3, 0.4) is 0 Å². The summed E-state index contributed by atoms with van der Waals surface area (Å²) in [5.41, 5.74) is 0.816. The molecule has 35 heavy (non-hydrogen) atoms. The highest BCUT2D eigenvalue weighted by molar-refractivity contribution is 5.69. The molecule has 7 heteroatoms. The minimum atomic E-state index is -0.302. The number of amides is 1. The number of rotatable bonds is 8. The molecule has 0 aromatic rings. The van der Waals surface area contributed by atoms with E-state index in [0.717, 1.165) is 44.9 Å². The first-order chi connectivity index (χ1) is 16.7. The van der Waals surface area contributed by atoms with Gasteiger partial charge in [0.2, 0.25) is 0 Å². The van der Waals surface area contributed by atoms with Gasteiger partial charge in [0, 0.05) is 20.2 Å². The molecule has 0 radical (unpaired) electrons. The average Bonchev–Trinajstić information content (AvgIpc) is 3.71. The van der Waals surface area contributed by atoms with E-state index in [2.05, 4.69) is 38.8 Å². The number of carbonyl (C=O) groups is 1. The minimum Gasteiger partial charge on any atom is -0.443 e. The lowest BCUT2D eigenvalue weighted by Gasteiger charge is -2.44. The fourth-order valence-electron chi connectivity index (χ4n) is 7.00. The Kier molecular flexibility index (Phi) is 7.25. The molecule has 4 saturated heterocycles. The smallest absolute Gasteiger partial charge is 0.410 e. The fraction of sp³-hybridized carbons (Fsp3) is 0.893. The molecule has 1 saturated carbocycles. The number of likely N-dealkylation sites (tertiary alicyclic amines) is 2. The van der Waals surface area contributed by atoms with E-state index in [-0.39, 0.29) is 41.5 Å². The Labute approximate surface area is 211 Å². The summed E-state index contributed by atoms with van der Waals surface area (Å²) in [7, 11) is 3.95. The normalized spacial score (nSPS) is 39.9. The van der Waals surface area contributed by atoms with E-state index < -0.39 is 0 Å². The number of allylic oxidation sites excluding steroid dienone is 1. The molecule has 1 amide bonds. The molecule has 7 nitrogen and oxygen atoms in total. The highest BCUT2D eigenvalue weighted by Crippen LogP contribution is 2.59. The van der Waals surface area contributed by atoms with Crippen molar-refractivity contribution in [1.82, 2.24) is 9.80 Å². The van der Waals surface area contributed by atoms with Crippen molar-refractivity contribution >= 4 is 6.09 Å². The van der Waals surface area contributed by atoms with Crippen LogP contribution in [0.1, 0.15) is 65.7 Å². The number of methoxy groups -OCH3 is 1. The summed E-state index contributed by atoms with van der Waals surface area (Å²) in [5, 5.41) is 0. The van der Waals surface area contributed by atoms with Crippen molar-refractivity contribution in [2.45, 2.75) is 95.2 Å². The molecular formula is C28H46N2O5. The van der Waals surface area contributed by atoms with Crippen LogP contribution in [0.15, 0.2) is 11.6 Å². The molecule has 4 heterocycles. The number of hydrogen-bond acceptors (Lipinski definition) is 6. The van der Waals surface area contributed by atoms with E-state index in [1.54, 1.807) is 7.11 Å². The zero-order valence-electron chi connectivity index (χ0n) is 22.5. The molecule has 1 spiro atoms. The molecule has 0 N–H and O–H groups in total. The number of ether oxygens (including phenoxy) is 4. The third kappa shape index (κ3) is 5.29. The Balaban J connectivity index is 1.12. The van der Waals surface area contributed by atoms with Crippen LogP contribution in [0.5, 0.6) is 0 Å². The Hall–Kier alpha value is -1.15. The van der Waals surface area contributed by atoms with E-state index in [0.29, 0.717) is 5.92 Å². The van der Waals surface area contributed by atoms with Crippen LogP contribution in [-0.4, -0.2) is 92.4 Å². The predicted molar refractivity (Wildman–Crippen MR) is 134 cm³/mol. The van der Waals surface area contributed by atoms with Gasteiger partial charge in [-0.3, -0.25) is 0 Å².